The third kappa shape index (κ3) is 2.30. The zero-order valence-electron chi connectivity index (χ0n) is 12.5. The molecule has 1 aromatic heterocycles. The third-order valence-corrected chi connectivity index (χ3v) is 5.35. The van der Waals surface area contributed by atoms with Crippen molar-refractivity contribution in [2.75, 3.05) is 13.1 Å². The van der Waals surface area contributed by atoms with E-state index in [0.717, 1.165) is 31.5 Å². The van der Waals surface area contributed by atoms with Crippen LogP contribution >= 0.6 is 0 Å². The van der Waals surface area contributed by atoms with E-state index < -0.39 is 16.4 Å². The highest BCUT2D eigenvalue weighted by molar-refractivity contribution is 5.94. The van der Waals surface area contributed by atoms with Gasteiger partial charge in [0.2, 0.25) is 0 Å². The number of nitrogens with zero attached hydrogens (tertiary/aromatic N) is 2. The van der Waals surface area contributed by atoms with E-state index >= 15 is 0 Å². The van der Waals surface area contributed by atoms with Crippen LogP contribution in [0.25, 0.3) is 0 Å². The van der Waals surface area contributed by atoms with Crippen molar-refractivity contribution >= 4 is 11.6 Å². The van der Waals surface area contributed by atoms with E-state index in [2.05, 4.69) is 11.9 Å². The second kappa shape index (κ2) is 5.23. The summed E-state index contributed by atoms with van der Waals surface area (Å²) in [5.74, 6) is 0.178. The predicted molar refractivity (Wildman–Crippen MR) is 79.7 cm³/mol. The number of hydrogen-bond acceptors (Lipinski definition) is 4. The quantitative estimate of drug-likeness (QED) is 0.667. The molecule has 1 saturated heterocycles. The van der Waals surface area contributed by atoms with Crippen molar-refractivity contribution in [3.05, 3.63) is 38.3 Å². The van der Waals surface area contributed by atoms with Gasteiger partial charge in [-0.1, -0.05) is 13.3 Å². The van der Waals surface area contributed by atoms with Gasteiger partial charge in [-0.25, -0.2) is 0 Å². The number of H-pyrrole nitrogens is 1. The minimum atomic E-state index is -0.613. The van der Waals surface area contributed by atoms with Gasteiger partial charge in [0.1, 0.15) is 5.56 Å². The third-order valence-electron chi connectivity index (χ3n) is 5.35. The van der Waals surface area contributed by atoms with Crippen molar-refractivity contribution < 1.29 is 9.72 Å². The van der Waals surface area contributed by atoms with Crippen LogP contribution < -0.4 is 5.56 Å². The van der Waals surface area contributed by atoms with Crippen LogP contribution in [0.5, 0.6) is 0 Å². The minimum Gasteiger partial charge on any atom is -0.338 e. The number of carbonyl (C=O) groups is 1. The lowest BCUT2D eigenvalue weighted by Crippen LogP contribution is -2.53. The normalized spacial score (nSPS) is 23.1. The zero-order valence-corrected chi connectivity index (χ0v) is 12.5. The maximum atomic E-state index is 12.6. The molecule has 1 unspecified atom stereocenters. The number of carbonyl (C=O) groups excluding carboxylic acids is 1. The number of amides is 1. The van der Waals surface area contributed by atoms with Crippen molar-refractivity contribution in [2.45, 2.75) is 32.6 Å². The van der Waals surface area contributed by atoms with E-state index in [1.54, 1.807) is 4.90 Å². The molecule has 0 aromatic carbocycles. The van der Waals surface area contributed by atoms with Gasteiger partial charge in [-0.05, 0) is 30.6 Å². The van der Waals surface area contributed by atoms with Crippen molar-refractivity contribution in [1.82, 2.24) is 9.88 Å². The Labute approximate surface area is 127 Å². The SMILES string of the molecule is CC1CCN(C(=O)c2cc([N+](=O)[O-])c[nH]c2=O)CC12CCC2. The van der Waals surface area contributed by atoms with Crippen LogP contribution in [0, 0.1) is 21.4 Å². The molecule has 1 aliphatic carbocycles. The van der Waals surface area contributed by atoms with Crippen LogP contribution in [0.1, 0.15) is 43.0 Å². The van der Waals surface area contributed by atoms with Crippen LogP contribution in [0.4, 0.5) is 5.69 Å². The highest BCUT2D eigenvalue weighted by atomic mass is 16.6. The lowest BCUT2D eigenvalue weighted by atomic mass is 9.59. The summed E-state index contributed by atoms with van der Waals surface area (Å²) in [5, 5.41) is 10.8. The molecule has 1 N–H and O–H groups in total. The van der Waals surface area contributed by atoms with E-state index in [9.17, 15) is 19.7 Å². The van der Waals surface area contributed by atoms with Gasteiger partial charge in [0.15, 0.2) is 0 Å². The molecule has 1 aliphatic heterocycles. The van der Waals surface area contributed by atoms with E-state index in [-0.39, 0.29) is 16.7 Å². The first-order chi connectivity index (χ1) is 10.4. The molecule has 1 aromatic rings. The Balaban J connectivity index is 1.86. The van der Waals surface area contributed by atoms with Gasteiger partial charge in [-0.15, -0.1) is 0 Å². The van der Waals surface area contributed by atoms with E-state index in [1.165, 1.54) is 6.42 Å². The maximum Gasteiger partial charge on any atom is 0.286 e. The predicted octanol–water partition coefficient (Wildman–Crippen LogP) is 1.94. The van der Waals surface area contributed by atoms with Crippen LogP contribution in [0.3, 0.4) is 0 Å². The number of hydrogen-bond donors (Lipinski definition) is 1. The van der Waals surface area contributed by atoms with Crippen LogP contribution in [-0.4, -0.2) is 33.8 Å². The topological polar surface area (TPSA) is 96.3 Å². The minimum absolute atomic E-state index is 0.141. The second-order valence-electron chi connectivity index (χ2n) is 6.49. The molecule has 7 heteroatoms. The summed E-state index contributed by atoms with van der Waals surface area (Å²) in [6.07, 6.45) is 5.35. The lowest BCUT2D eigenvalue weighted by Gasteiger charge is -2.53. The van der Waals surface area contributed by atoms with Gasteiger partial charge in [-0.3, -0.25) is 19.7 Å². The average Bonchev–Trinajstić information content (AvgIpc) is 2.45. The Morgan fingerprint density at radius 2 is 2.23 bits per heavy atom. The highest BCUT2D eigenvalue weighted by Gasteiger charge is 2.46. The van der Waals surface area contributed by atoms with Gasteiger partial charge in [0.25, 0.3) is 17.2 Å². The second-order valence-corrected chi connectivity index (χ2v) is 6.49. The Hall–Kier alpha value is -2.18. The summed E-state index contributed by atoms with van der Waals surface area (Å²) >= 11 is 0. The Bertz CT molecular complexity index is 678. The number of likely N-dealkylation sites (tertiary alicyclic amines) is 1. The number of rotatable bonds is 2. The van der Waals surface area contributed by atoms with Crippen LogP contribution in [-0.2, 0) is 0 Å². The summed E-state index contributed by atoms with van der Waals surface area (Å²) in [7, 11) is 0. The molecule has 2 aliphatic rings. The molecule has 0 bridgehead atoms. The highest BCUT2D eigenvalue weighted by Crippen LogP contribution is 2.50. The zero-order chi connectivity index (χ0) is 15.9. The summed E-state index contributed by atoms with van der Waals surface area (Å²) in [6.45, 7) is 3.47. The Morgan fingerprint density at radius 1 is 1.50 bits per heavy atom. The molecule has 1 saturated carbocycles. The molecule has 1 atom stereocenters. The van der Waals surface area contributed by atoms with Crippen molar-refractivity contribution in [3.63, 3.8) is 0 Å². The number of nitro groups is 1. The Kier molecular flexibility index (Phi) is 3.50. The first kappa shape index (κ1) is 14.7. The first-order valence-electron chi connectivity index (χ1n) is 7.59. The molecule has 2 heterocycles. The molecular weight excluding hydrogens is 286 g/mol. The molecule has 1 spiro atoms. The van der Waals surface area contributed by atoms with Gasteiger partial charge in [-0.2, -0.15) is 0 Å². The van der Waals surface area contributed by atoms with E-state index in [4.69, 9.17) is 0 Å². The molecule has 1 amide bonds. The molecule has 0 radical (unpaired) electrons. The molecule has 7 nitrogen and oxygen atoms in total. The smallest absolute Gasteiger partial charge is 0.286 e. The number of aromatic amines is 1. The fraction of sp³-hybridized carbons (Fsp3) is 0.600. The summed E-state index contributed by atoms with van der Waals surface area (Å²) in [6, 6.07) is 1.08. The lowest BCUT2D eigenvalue weighted by molar-refractivity contribution is -0.385. The summed E-state index contributed by atoms with van der Waals surface area (Å²) < 4.78 is 0. The number of aromatic nitrogens is 1. The Morgan fingerprint density at radius 3 is 2.82 bits per heavy atom. The number of pyridine rings is 1. The van der Waals surface area contributed by atoms with E-state index in [1.807, 2.05) is 0 Å². The molecule has 118 valence electrons. The van der Waals surface area contributed by atoms with Gasteiger partial charge < -0.3 is 9.88 Å². The first-order valence-corrected chi connectivity index (χ1v) is 7.59. The van der Waals surface area contributed by atoms with E-state index in [0.29, 0.717) is 19.0 Å². The number of nitrogens with one attached hydrogen (secondary N) is 1. The molecular formula is C15H19N3O4. The van der Waals surface area contributed by atoms with Crippen molar-refractivity contribution in [3.8, 4) is 0 Å². The fourth-order valence-corrected chi connectivity index (χ4v) is 3.63. The van der Waals surface area contributed by atoms with Crippen LogP contribution in [0.2, 0.25) is 0 Å². The van der Waals surface area contributed by atoms with Gasteiger partial charge in [0.05, 0.1) is 11.1 Å². The fourth-order valence-electron chi connectivity index (χ4n) is 3.63. The van der Waals surface area contributed by atoms with Gasteiger partial charge in [0, 0.05) is 19.2 Å². The van der Waals surface area contributed by atoms with Crippen molar-refractivity contribution in [2.24, 2.45) is 11.3 Å². The monoisotopic (exact) mass is 305 g/mol. The van der Waals surface area contributed by atoms with Crippen molar-refractivity contribution in [1.29, 1.82) is 0 Å². The number of piperidine rings is 1. The largest absolute Gasteiger partial charge is 0.338 e. The molecule has 22 heavy (non-hydrogen) atoms. The molecule has 2 fully saturated rings. The maximum absolute atomic E-state index is 12.6. The summed E-state index contributed by atoms with van der Waals surface area (Å²) in [5.41, 5.74) is -0.803. The summed E-state index contributed by atoms with van der Waals surface area (Å²) in [4.78, 5) is 38.7. The standard InChI is InChI=1S/C15H19N3O4/c1-10-3-6-17(9-15(10)4-2-5-15)14(20)12-7-11(18(21)22)8-16-13(12)19/h7-8,10H,2-6,9H2,1H3,(H,16,19). The average molecular weight is 305 g/mol. The van der Waals surface area contributed by atoms with Crippen LogP contribution in [0.15, 0.2) is 17.1 Å². The van der Waals surface area contributed by atoms with Gasteiger partial charge >= 0.3 is 0 Å². The molecule has 3 rings (SSSR count).